The molecule has 0 aromatic heterocycles. The minimum Gasteiger partial charge on any atom is -0.480 e. The van der Waals surface area contributed by atoms with E-state index in [1.807, 2.05) is 0 Å². The zero-order valence-electron chi connectivity index (χ0n) is 35.9. The lowest BCUT2D eigenvalue weighted by Crippen LogP contribution is -2.34. The number of allylic oxidation sites excluding steroid dienone is 6. The predicted octanol–water partition coefficient (Wildman–Crippen LogP) is 8.31. The second-order valence-electron chi connectivity index (χ2n) is 15.1. The lowest BCUT2D eigenvalue weighted by atomic mass is 10.0. The highest BCUT2D eigenvalue weighted by atomic mass is 31.2. The largest absolute Gasteiger partial charge is 0.480 e. The molecule has 15 heteroatoms. The average Bonchev–Trinajstić information content (AvgIpc) is 3.20. The van der Waals surface area contributed by atoms with Crippen molar-refractivity contribution in [1.82, 2.24) is 0 Å². The molecule has 6 atom stereocenters. The second-order valence-corrected chi connectivity index (χ2v) is 16.5. The maximum Gasteiger partial charge on any atom is 0.472 e. The number of carboxylic acids is 1. The summed E-state index contributed by atoms with van der Waals surface area (Å²) in [5, 5.41) is 39.3. The molecule has 0 aliphatic heterocycles. The van der Waals surface area contributed by atoms with Crippen LogP contribution in [-0.4, -0.2) is 93.5 Å². The molecule has 0 heterocycles. The fraction of sp³-hybridized carbons (Fsp3) is 0.750. The van der Waals surface area contributed by atoms with Crippen molar-refractivity contribution in [3.63, 3.8) is 0 Å². The van der Waals surface area contributed by atoms with Crippen LogP contribution in [0.5, 0.6) is 0 Å². The van der Waals surface area contributed by atoms with Crippen molar-refractivity contribution in [3.8, 4) is 0 Å². The first-order valence-electron chi connectivity index (χ1n) is 22.0. The molecule has 0 aliphatic rings. The molecule has 0 fully saturated rings. The van der Waals surface area contributed by atoms with Gasteiger partial charge in [-0.2, -0.15) is 0 Å². The normalized spacial score (nSPS) is 15.8. The van der Waals surface area contributed by atoms with Gasteiger partial charge in [0.15, 0.2) is 6.10 Å². The number of hydrogen-bond acceptors (Lipinski definition) is 12. The Hall–Kier alpha value is -2.68. The third kappa shape index (κ3) is 36.9. The van der Waals surface area contributed by atoms with Gasteiger partial charge in [0.2, 0.25) is 0 Å². The number of esters is 2. The number of aliphatic hydroxyl groups excluding tert-OH is 3. The maximum atomic E-state index is 12.6. The number of unbranched alkanes of at least 4 members (excludes halogenated alkanes) is 16. The number of rotatable bonds is 40. The first-order chi connectivity index (χ1) is 28.3. The van der Waals surface area contributed by atoms with Crippen LogP contribution < -0.4 is 5.73 Å². The molecule has 0 aliphatic carbocycles. The number of carbonyl (C=O) groups excluding carboxylic acids is 2. The van der Waals surface area contributed by atoms with E-state index in [2.05, 4.69) is 18.4 Å². The van der Waals surface area contributed by atoms with Crippen molar-refractivity contribution in [1.29, 1.82) is 0 Å². The Morgan fingerprint density at radius 3 is 1.63 bits per heavy atom. The van der Waals surface area contributed by atoms with Gasteiger partial charge in [-0.05, 0) is 25.7 Å². The molecule has 0 saturated carbocycles. The van der Waals surface area contributed by atoms with Gasteiger partial charge in [0.05, 0.1) is 31.5 Å². The van der Waals surface area contributed by atoms with Crippen molar-refractivity contribution < 1.29 is 62.8 Å². The summed E-state index contributed by atoms with van der Waals surface area (Å²) in [6.07, 6.45) is 31.2. The molecule has 59 heavy (non-hydrogen) atoms. The second kappa shape index (κ2) is 38.3. The third-order valence-electron chi connectivity index (χ3n) is 9.45. The Kier molecular flexibility index (Phi) is 36.5. The minimum atomic E-state index is -4.80. The summed E-state index contributed by atoms with van der Waals surface area (Å²) in [6, 6.07) is -1.57. The van der Waals surface area contributed by atoms with Crippen LogP contribution in [0.2, 0.25) is 0 Å². The van der Waals surface area contributed by atoms with Gasteiger partial charge in [0.25, 0.3) is 0 Å². The quantitative estimate of drug-likeness (QED) is 0.0147. The number of aliphatic hydroxyl groups is 3. The van der Waals surface area contributed by atoms with Crippen LogP contribution in [0.3, 0.4) is 0 Å². The van der Waals surface area contributed by atoms with E-state index in [1.165, 1.54) is 70.3 Å². The van der Waals surface area contributed by atoms with Crippen molar-refractivity contribution in [2.24, 2.45) is 5.73 Å². The molecule has 14 nitrogen and oxygen atoms in total. The van der Waals surface area contributed by atoms with Gasteiger partial charge >= 0.3 is 25.7 Å². The van der Waals surface area contributed by atoms with Crippen molar-refractivity contribution >= 4 is 25.7 Å². The van der Waals surface area contributed by atoms with Gasteiger partial charge < -0.3 is 40.5 Å². The highest BCUT2D eigenvalue weighted by Crippen LogP contribution is 2.43. The number of nitrogens with two attached hydrogens (primary N) is 1. The summed E-state index contributed by atoms with van der Waals surface area (Å²) in [5.74, 6) is -2.75. The Bertz CT molecular complexity index is 1240. The standard InChI is InChI=1S/C44H78NO13P/c1-3-5-7-8-9-10-11-12-13-14-15-16-17-22-26-32-43(50)58-38(35-56-59(53,54)57-36-39(45)44(51)52)34-55-42(49)33-27-31-41(48)40(47)30-25-21-19-18-20-24-29-37(46)28-23-6-4-2/h18-21,24-25,29-30,37-41,46-48H,3-17,22-23,26-28,31-36,45H2,1-2H3,(H,51,52)(H,53,54)/b20-18-,21-19+,29-24+,30-25+/t37-,38-,39+,40-,41-/m1/s1. The Balaban J connectivity index is 4.68. The topological polar surface area (TPSA) is 232 Å². The Morgan fingerprint density at radius 1 is 0.593 bits per heavy atom. The molecule has 1 unspecified atom stereocenters. The highest BCUT2D eigenvalue weighted by molar-refractivity contribution is 7.47. The lowest BCUT2D eigenvalue weighted by Gasteiger charge is -2.20. The van der Waals surface area contributed by atoms with Crippen LogP contribution in [0.15, 0.2) is 48.6 Å². The van der Waals surface area contributed by atoms with E-state index in [0.29, 0.717) is 6.42 Å². The van der Waals surface area contributed by atoms with Gasteiger partial charge in [-0.1, -0.05) is 172 Å². The summed E-state index contributed by atoms with van der Waals surface area (Å²) in [4.78, 5) is 46.0. The molecule has 342 valence electrons. The van der Waals surface area contributed by atoms with Gasteiger partial charge in [0.1, 0.15) is 12.6 Å². The van der Waals surface area contributed by atoms with Gasteiger partial charge in [0, 0.05) is 12.8 Å². The number of ether oxygens (including phenoxy) is 2. The van der Waals surface area contributed by atoms with Crippen LogP contribution in [0.25, 0.3) is 0 Å². The molecule has 0 saturated heterocycles. The number of carboxylic acid groups (broad SMARTS) is 1. The van der Waals surface area contributed by atoms with Gasteiger partial charge in [-0.15, -0.1) is 0 Å². The zero-order chi connectivity index (χ0) is 44.0. The van der Waals surface area contributed by atoms with Gasteiger partial charge in [-0.3, -0.25) is 23.4 Å². The minimum absolute atomic E-state index is 0.0832. The average molecular weight is 860 g/mol. The summed E-state index contributed by atoms with van der Waals surface area (Å²) >= 11 is 0. The zero-order valence-corrected chi connectivity index (χ0v) is 36.8. The van der Waals surface area contributed by atoms with Crippen LogP contribution in [-0.2, 0) is 37.5 Å². The van der Waals surface area contributed by atoms with Gasteiger partial charge in [-0.25, -0.2) is 4.57 Å². The first-order valence-corrected chi connectivity index (χ1v) is 23.5. The smallest absolute Gasteiger partial charge is 0.472 e. The first kappa shape index (κ1) is 56.3. The Labute approximate surface area is 353 Å². The van der Waals surface area contributed by atoms with Crippen LogP contribution >= 0.6 is 7.82 Å². The Morgan fingerprint density at radius 2 is 1.07 bits per heavy atom. The summed E-state index contributed by atoms with van der Waals surface area (Å²) in [6.45, 7) is 2.35. The molecular weight excluding hydrogens is 781 g/mol. The monoisotopic (exact) mass is 860 g/mol. The molecule has 7 N–H and O–H groups in total. The van der Waals surface area contributed by atoms with E-state index >= 15 is 0 Å². The molecule has 0 aromatic carbocycles. The third-order valence-corrected chi connectivity index (χ3v) is 10.4. The van der Waals surface area contributed by atoms with Crippen molar-refractivity contribution in [3.05, 3.63) is 48.6 Å². The number of aliphatic carboxylic acids is 1. The number of phosphoric ester groups is 1. The molecule has 0 radical (unpaired) electrons. The fourth-order valence-electron chi connectivity index (χ4n) is 5.80. The number of carbonyl (C=O) groups is 3. The van der Waals surface area contributed by atoms with Crippen molar-refractivity contribution in [2.75, 3.05) is 19.8 Å². The summed E-state index contributed by atoms with van der Waals surface area (Å²) in [7, 11) is -4.80. The van der Waals surface area contributed by atoms with Crippen molar-refractivity contribution in [2.45, 2.75) is 192 Å². The fourth-order valence-corrected chi connectivity index (χ4v) is 6.58. The van der Waals surface area contributed by atoms with E-state index in [9.17, 15) is 39.2 Å². The van der Waals surface area contributed by atoms with E-state index in [0.717, 1.165) is 51.4 Å². The molecule has 0 amide bonds. The summed E-state index contributed by atoms with van der Waals surface area (Å²) < 4.78 is 32.5. The van der Waals surface area contributed by atoms with E-state index in [-0.39, 0.29) is 25.7 Å². The molecular formula is C44H78NO13P. The van der Waals surface area contributed by atoms with Crippen LogP contribution in [0, 0.1) is 0 Å². The molecule has 0 rings (SSSR count). The highest BCUT2D eigenvalue weighted by Gasteiger charge is 2.28. The molecule has 0 bridgehead atoms. The maximum absolute atomic E-state index is 12.6. The van der Waals surface area contributed by atoms with E-state index in [4.69, 9.17) is 24.8 Å². The molecule has 0 spiro atoms. The van der Waals surface area contributed by atoms with E-state index in [1.54, 1.807) is 42.5 Å². The SMILES string of the molecule is CCCCCCCCCCCCCCCCCC(=O)O[C@H](COC(=O)CCC[C@@H](O)[C@H](O)/C=C/C=C/C=C\C=C\[C@H](O)CCCCC)COP(=O)(O)OC[C@H](N)C(=O)O. The summed E-state index contributed by atoms with van der Waals surface area (Å²) in [5.41, 5.74) is 5.31. The van der Waals surface area contributed by atoms with Crippen LogP contribution in [0.1, 0.15) is 162 Å². The van der Waals surface area contributed by atoms with Crippen LogP contribution in [0.4, 0.5) is 0 Å². The number of phosphoric acid groups is 1. The molecule has 0 aromatic rings. The lowest BCUT2D eigenvalue weighted by molar-refractivity contribution is -0.161. The number of hydrogen-bond donors (Lipinski definition) is 6. The predicted molar refractivity (Wildman–Crippen MR) is 230 cm³/mol. The van der Waals surface area contributed by atoms with E-state index < -0.39 is 76.0 Å².